The first-order valence-corrected chi connectivity index (χ1v) is 9.78. The molecule has 1 atom stereocenters. The Bertz CT molecular complexity index is 744. The molecule has 0 spiro atoms. The van der Waals surface area contributed by atoms with Crippen molar-refractivity contribution in [1.29, 1.82) is 0 Å². The number of nitrogen functional groups attached to an aromatic ring is 1. The van der Waals surface area contributed by atoms with Gasteiger partial charge < -0.3 is 15.8 Å². The van der Waals surface area contributed by atoms with E-state index in [0.717, 1.165) is 54.8 Å². The smallest absolute Gasteiger partial charge is 0.137 e. The standard InChI is InChI=1S/C20H29N5O/c1-14-12-26-9-8-25(14)17-5-2-15(3-6-17)11-22-20-18-10-16(21)4-7-19(18)23-13-24-20/h4,7,10,13-15,17H,2-3,5-6,8-9,11-12,21H2,1H3,(H,22,23,24)/t14-,15-,17-/m1/s1. The number of ether oxygens (including phenoxy) is 1. The molecule has 0 bridgehead atoms. The molecule has 6 nitrogen and oxygen atoms in total. The number of hydrogen-bond acceptors (Lipinski definition) is 6. The van der Waals surface area contributed by atoms with Crippen LogP contribution in [-0.4, -0.2) is 53.3 Å². The van der Waals surface area contributed by atoms with E-state index in [9.17, 15) is 0 Å². The predicted molar refractivity (Wildman–Crippen MR) is 105 cm³/mol. The van der Waals surface area contributed by atoms with Gasteiger partial charge in [0.1, 0.15) is 12.1 Å². The second kappa shape index (κ2) is 7.76. The molecule has 4 rings (SSSR count). The number of morpholine rings is 1. The fourth-order valence-corrected chi connectivity index (χ4v) is 4.42. The summed E-state index contributed by atoms with van der Waals surface area (Å²) in [5.41, 5.74) is 7.61. The molecule has 140 valence electrons. The molecule has 1 aliphatic carbocycles. The normalized spacial score (nSPS) is 27.5. The largest absolute Gasteiger partial charge is 0.399 e. The fraction of sp³-hybridized carbons (Fsp3) is 0.600. The van der Waals surface area contributed by atoms with Gasteiger partial charge in [-0.05, 0) is 56.7 Å². The van der Waals surface area contributed by atoms with Crippen molar-refractivity contribution >= 4 is 22.4 Å². The maximum atomic E-state index is 5.93. The van der Waals surface area contributed by atoms with Crippen LogP contribution >= 0.6 is 0 Å². The van der Waals surface area contributed by atoms with Crippen LogP contribution < -0.4 is 11.1 Å². The van der Waals surface area contributed by atoms with E-state index in [4.69, 9.17) is 10.5 Å². The minimum Gasteiger partial charge on any atom is -0.399 e. The highest BCUT2D eigenvalue weighted by Gasteiger charge is 2.30. The Morgan fingerprint density at radius 2 is 2.08 bits per heavy atom. The molecule has 0 amide bonds. The third kappa shape index (κ3) is 3.76. The van der Waals surface area contributed by atoms with Crippen molar-refractivity contribution in [2.45, 2.75) is 44.7 Å². The monoisotopic (exact) mass is 355 g/mol. The molecule has 26 heavy (non-hydrogen) atoms. The molecule has 1 aromatic heterocycles. The van der Waals surface area contributed by atoms with Crippen LogP contribution in [0.1, 0.15) is 32.6 Å². The van der Waals surface area contributed by atoms with Crippen LogP contribution in [0, 0.1) is 5.92 Å². The zero-order chi connectivity index (χ0) is 17.9. The first-order chi connectivity index (χ1) is 12.7. The SMILES string of the molecule is C[C@@H]1COCCN1[C@H]1CC[C@H](CNc2ncnc3ccc(N)cc23)CC1. The average Bonchev–Trinajstić information content (AvgIpc) is 2.67. The van der Waals surface area contributed by atoms with E-state index in [1.54, 1.807) is 6.33 Å². The van der Waals surface area contributed by atoms with E-state index >= 15 is 0 Å². The van der Waals surface area contributed by atoms with Crippen molar-refractivity contribution in [3.8, 4) is 0 Å². The Labute approximate surface area is 155 Å². The highest BCUT2D eigenvalue weighted by Crippen LogP contribution is 2.30. The topological polar surface area (TPSA) is 76.3 Å². The molecule has 1 saturated heterocycles. The molecule has 2 fully saturated rings. The molecule has 3 N–H and O–H groups in total. The first kappa shape index (κ1) is 17.5. The van der Waals surface area contributed by atoms with Gasteiger partial charge in [-0.3, -0.25) is 4.90 Å². The summed E-state index contributed by atoms with van der Waals surface area (Å²) in [5, 5.41) is 4.55. The van der Waals surface area contributed by atoms with Gasteiger partial charge in [-0.1, -0.05) is 0 Å². The summed E-state index contributed by atoms with van der Waals surface area (Å²) >= 11 is 0. The van der Waals surface area contributed by atoms with Gasteiger partial charge in [0.25, 0.3) is 0 Å². The minimum atomic E-state index is 0.557. The van der Waals surface area contributed by atoms with Gasteiger partial charge in [-0.15, -0.1) is 0 Å². The molecule has 2 aliphatic rings. The lowest BCUT2D eigenvalue weighted by atomic mass is 9.84. The van der Waals surface area contributed by atoms with E-state index in [2.05, 4.69) is 27.1 Å². The Morgan fingerprint density at radius 3 is 2.88 bits per heavy atom. The van der Waals surface area contributed by atoms with Crippen LogP contribution in [0.2, 0.25) is 0 Å². The quantitative estimate of drug-likeness (QED) is 0.821. The molecule has 6 heteroatoms. The summed E-state index contributed by atoms with van der Waals surface area (Å²) in [7, 11) is 0. The molecule has 0 radical (unpaired) electrons. The lowest BCUT2D eigenvalue weighted by Gasteiger charge is -2.42. The van der Waals surface area contributed by atoms with E-state index < -0.39 is 0 Å². The summed E-state index contributed by atoms with van der Waals surface area (Å²) in [6, 6.07) is 7.07. The van der Waals surface area contributed by atoms with Crippen LogP contribution in [0.5, 0.6) is 0 Å². The lowest BCUT2D eigenvalue weighted by molar-refractivity contribution is -0.0317. The number of hydrogen-bond donors (Lipinski definition) is 2. The Hall–Kier alpha value is -1.92. The molecule has 2 heterocycles. The van der Waals surface area contributed by atoms with Gasteiger partial charge in [0, 0.05) is 36.2 Å². The van der Waals surface area contributed by atoms with Crippen molar-refractivity contribution in [2.24, 2.45) is 5.92 Å². The van der Waals surface area contributed by atoms with Gasteiger partial charge in [0.2, 0.25) is 0 Å². The third-order valence-electron chi connectivity index (χ3n) is 5.92. The predicted octanol–water partition coefficient (Wildman–Crippen LogP) is 2.90. The first-order valence-electron chi connectivity index (χ1n) is 9.78. The maximum Gasteiger partial charge on any atom is 0.137 e. The zero-order valence-electron chi connectivity index (χ0n) is 15.5. The van der Waals surface area contributed by atoms with Crippen LogP contribution in [0.4, 0.5) is 11.5 Å². The molecule has 1 saturated carbocycles. The number of fused-ring (bicyclic) bond motifs is 1. The zero-order valence-corrected chi connectivity index (χ0v) is 15.5. The van der Waals surface area contributed by atoms with E-state index in [1.807, 2.05) is 18.2 Å². The summed E-state index contributed by atoms with van der Waals surface area (Å²) in [5.74, 6) is 1.60. The second-order valence-corrected chi connectivity index (χ2v) is 7.72. The number of rotatable bonds is 4. The van der Waals surface area contributed by atoms with Crippen LogP contribution in [0.25, 0.3) is 10.9 Å². The maximum absolute atomic E-state index is 5.93. The Morgan fingerprint density at radius 1 is 1.23 bits per heavy atom. The molecule has 1 aliphatic heterocycles. The number of nitrogens with two attached hydrogens (primary N) is 1. The number of anilines is 2. The second-order valence-electron chi connectivity index (χ2n) is 7.72. The van der Waals surface area contributed by atoms with Gasteiger partial charge in [0.15, 0.2) is 0 Å². The van der Waals surface area contributed by atoms with E-state index in [-0.39, 0.29) is 0 Å². The molecular formula is C20H29N5O. The molecular weight excluding hydrogens is 326 g/mol. The summed E-state index contributed by atoms with van der Waals surface area (Å²) < 4.78 is 5.58. The molecule has 1 aromatic carbocycles. The minimum absolute atomic E-state index is 0.557. The fourth-order valence-electron chi connectivity index (χ4n) is 4.42. The van der Waals surface area contributed by atoms with Gasteiger partial charge >= 0.3 is 0 Å². The summed E-state index contributed by atoms with van der Waals surface area (Å²) in [6.45, 7) is 6.11. The van der Waals surface area contributed by atoms with Gasteiger partial charge in [-0.2, -0.15) is 0 Å². The highest BCUT2D eigenvalue weighted by molar-refractivity contribution is 5.91. The summed E-state index contributed by atoms with van der Waals surface area (Å²) in [4.78, 5) is 11.4. The number of nitrogens with zero attached hydrogens (tertiary/aromatic N) is 3. The van der Waals surface area contributed by atoms with Gasteiger partial charge in [-0.25, -0.2) is 9.97 Å². The van der Waals surface area contributed by atoms with E-state index in [0.29, 0.717) is 12.0 Å². The highest BCUT2D eigenvalue weighted by atomic mass is 16.5. The van der Waals surface area contributed by atoms with Gasteiger partial charge in [0.05, 0.1) is 18.7 Å². The lowest BCUT2D eigenvalue weighted by Crippen LogP contribution is -2.50. The molecule has 0 unspecified atom stereocenters. The number of aromatic nitrogens is 2. The van der Waals surface area contributed by atoms with E-state index in [1.165, 1.54) is 25.7 Å². The Kier molecular flexibility index (Phi) is 5.22. The third-order valence-corrected chi connectivity index (χ3v) is 5.92. The average molecular weight is 355 g/mol. The molecule has 2 aromatic rings. The van der Waals surface area contributed by atoms with Crippen LogP contribution in [0.3, 0.4) is 0 Å². The van der Waals surface area contributed by atoms with Crippen molar-refractivity contribution in [1.82, 2.24) is 14.9 Å². The van der Waals surface area contributed by atoms with Crippen molar-refractivity contribution < 1.29 is 4.74 Å². The van der Waals surface area contributed by atoms with Crippen molar-refractivity contribution in [3.63, 3.8) is 0 Å². The number of benzene rings is 1. The van der Waals surface area contributed by atoms with Crippen molar-refractivity contribution in [2.75, 3.05) is 37.4 Å². The van der Waals surface area contributed by atoms with Crippen LogP contribution in [0.15, 0.2) is 24.5 Å². The summed E-state index contributed by atoms with van der Waals surface area (Å²) in [6.07, 6.45) is 6.74. The van der Waals surface area contributed by atoms with Crippen LogP contribution in [-0.2, 0) is 4.74 Å². The number of nitrogens with one attached hydrogen (secondary N) is 1. The Balaban J connectivity index is 1.33. The van der Waals surface area contributed by atoms with Crippen molar-refractivity contribution in [3.05, 3.63) is 24.5 Å².